The van der Waals surface area contributed by atoms with E-state index in [0.29, 0.717) is 0 Å². The molecule has 1 aromatic heterocycles. The van der Waals surface area contributed by atoms with Crippen LogP contribution in [0.4, 0.5) is 5.95 Å². The first-order valence-electron chi connectivity index (χ1n) is 7.29. The van der Waals surface area contributed by atoms with Crippen LogP contribution in [0.2, 0.25) is 5.02 Å². The quantitative estimate of drug-likeness (QED) is 0.755. The van der Waals surface area contributed by atoms with Crippen LogP contribution in [-0.4, -0.2) is 29.3 Å². The molecule has 4 nitrogen and oxygen atoms in total. The van der Waals surface area contributed by atoms with Crippen molar-refractivity contribution in [3.05, 3.63) is 46.7 Å². The highest BCUT2D eigenvalue weighted by atomic mass is 35.5. The maximum Gasteiger partial charge on any atom is 0.203 e. The first-order valence-corrected chi connectivity index (χ1v) is 7.66. The monoisotopic (exact) mass is 307 g/mol. The van der Waals surface area contributed by atoms with Crippen molar-refractivity contribution in [1.29, 1.82) is 0 Å². The lowest BCUT2D eigenvalue weighted by molar-refractivity contribution is 0.147. The van der Waals surface area contributed by atoms with Crippen LogP contribution in [0.3, 0.4) is 0 Å². The van der Waals surface area contributed by atoms with Gasteiger partial charge >= 0.3 is 0 Å². The van der Waals surface area contributed by atoms with Crippen molar-refractivity contribution >= 4 is 17.5 Å². The maximum absolute atomic E-state index is 5.92. The van der Waals surface area contributed by atoms with Crippen molar-refractivity contribution in [1.82, 2.24) is 9.55 Å². The van der Waals surface area contributed by atoms with Gasteiger partial charge in [-0.3, -0.25) is 0 Å². The minimum absolute atomic E-state index is 0.759. The number of nitrogens with zero attached hydrogens (tertiary/aromatic N) is 2. The van der Waals surface area contributed by atoms with Gasteiger partial charge < -0.3 is 14.6 Å². The molecule has 0 fully saturated rings. The molecule has 1 aromatic carbocycles. The molecule has 2 aromatic rings. The summed E-state index contributed by atoms with van der Waals surface area (Å²) < 4.78 is 7.46. The lowest BCUT2D eigenvalue weighted by atomic mass is 10.2. The molecule has 0 aliphatic rings. The van der Waals surface area contributed by atoms with Crippen LogP contribution in [-0.2, 0) is 11.3 Å². The van der Waals surface area contributed by atoms with E-state index in [1.165, 1.54) is 5.56 Å². The summed E-state index contributed by atoms with van der Waals surface area (Å²) in [7, 11) is 0. The number of rotatable bonds is 8. The summed E-state index contributed by atoms with van der Waals surface area (Å²) in [6.07, 6.45) is 3.03. The van der Waals surface area contributed by atoms with Gasteiger partial charge in [0.15, 0.2) is 0 Å². The predicted molar refractivity (Wildman–Crippen MR) is 87.1 cm³/mol. The second-order valence-corrected chi connectivity index (χ2v) is 5.37. The number of aryl methyl sites for hydroxylation is 1. The third kappa shape index (κ3) is 5.06. The number of halogens is 1. The van der Waals surface area contributed by atoms with E-state index < -0.39 is 0 Å². The van der Waals surface area contributed by atoms with Crippen molar-refractivity contribution in [3.63, 3.8) is 0 Å². The number of hydrogen-bond donors (Lipinski definition) is 1. The molecule has 0 atom stereocenters. The zero-order valence-electron chi connectivity index (χ0n) is 12.6. The van der Waals surface area contributed by atoms with Gasteiger partial charge in [0.2, 0.25) is 5.95 Å². The summed E-state index contributed by atoms with van der Waals surface area (Å²) in [5, 5.41) is 4.13. The highest BCUT2D eigenvalue weighted by Crippen LogP contribution is 2.14. The smallest absolute Gasteiger partial charge is 0.203 e. The summed E-state index contributed by atoms with van der Waals surface area (Å²) in [6, 6.07) is 7.90. The normalized spacial score (nSPS) is 10.8. The fourth-order valence-electron chi connectivity index (χ4n) is 2.11. The molecule has 0 spiro atoms. The number of hydrogen-bond acceptors (Lipinski definition) is 3. The largest absolute Gasteiger partial charge is 0.382 e. The Labute approximate surface area is 131 Å². The zero-order valence-corrected chi connectivity index (χ0v) is 13.4. The Hall–Kier alpha value is -1.52. The summed E-state index contributed by atoms with van der Waals surface area (Å²) in [6.45, 7) is 7.20. The summed E-state index contributed by atoms with van der Waals surface area (Å²) in [5.74, 6) is 0.902. The van der Waals surface area contributed by atoms with Crippen molar-refractivity contribution in [3.8, 4) is 0 Å². The first-order chi connectivity index (χ1) is 10.2. The molecule has 5 heteroatoms. The molecule has 1 N–H and O–H groups in total. The second-order valence-electron chi connectivity index (χ2n) is 4.94. The number of aromatic nitrogens is 2. The van der Waals surface area contributed by atoms with Gasteiger partial charge in [-0.15, -0.1) is 0 Å². The topological polar surface area (TPSA) is 39.1 Å². The number of ether oxygens (including phenoxy) is 1. The van der Waals surface area contributed by atoms with Gasteiger partial charge in [0, 0.05) is 31.0 Å². The van der Waals surface area contributed by atoms with E-state index in [9.17, 15) is 0 Å². The molecule has 0 saturated carbocycles. The van der Waals surface area contributed by atoms with E-state index in [0.717, 1.165) is 49.4 Å². The van der Waals surface area contributed by atoms with Gasteiger partial charge in [0.1, 0.15) is 0 Å². The average Bonchev–Trinajstić information content (AvgIpc) is 2.81. The zero-order chi connectivity index (χ0) is 15.1. The van der Waals surface area contributed by atoms with Crippen LogP contribution in [0.25, 0.3) is 0 Å². The SMILES string of the molecule is CCOCCCNc1nc(C)cn1Cc1ccc(Cl)cc1. The lowest BCUT2D eigenvalue weighted by Gasteiger charge is -2.10. The fraction of sp³-hybridized carbons (Fsp3) is 0.438. The van der Waals surface area contributed by atoms with Gasteiger partial charge in [0.25, 0.3) is 0 Å². The molecule has 1 heterocycles. The number of benzene rings is 1. The Morgan fingerprint density at radius 3 is 2.76 bits per heavy atom. The van der Waals surface area contributed by atoms with E-state index in [1.54, 1.807) is 0 Å². The molecule has 2 rings (SSSR count). The van der Waals surface area contributed by atoms with Crippen LogP contribution >= 0.6 is 11.6 Å². The Morgan fingerprint density at radius 2 is 2.05 bits per heavy atom. The number of anilines is 1. The minimum Gasteiger partial charge on any atom is -0.382 e. The van der Waals surface area contributed by atoms with Gasteiger partial charge in [0.05, 0.1) is 12.2 Å². The van der Waals surface area contributed by atoms with Gasteiger partial charge in [-0.05, 0) is 38.0 Å². The van der Waals surface area contributed by atoms with E-state index >= 15 is 0 Å². The van der Waals surface area contributed by atoms with E-state index in [-0.39, 0.29) is 0 Å². The van der Waals surface area contributed by atoms with E-state index in [4.69, 9.17) is 16.3 Å². The molecule has 0 radical (unpaired) electrons. The Bertz CT molecular complexity index is 551. The Balaban J connectivity index is 1.94. The fourth-order valence-corrected chi connectivity index (χ4v) is 2.24. The summed E-state index contributed by atoms with van der Waals surface area (Å²) in [4.78, 5) is 4.53. The molecule has 0 aliphatic heterocycles. The molecule has 114 valence electrons. The summed E-state index contributed by atoms with van der Waals surface area (Å²) in [5.41, 5.74) is 2.21. The summed E-state index contributed by atoms with van der Waals surface area (Å²) >= 11 is 5.92. The van der Waals surface area contributed by atoms with Crippen molar-refractivity contribution in [2.75, 3.05) is 25.1 Å². The molecule has 0 unspecified atom stereocenters. The molecule has 0 bridgehead atoms. The molecule has 0 aliphatic carbocycles. The predicted octanol–water partition coefficient (Wildman–Crippen LogP) is 3.73. The van der Waals surface area contributed by atoms with Crippen LogP contribution in [0, 0.1) is 6.92 Å². The third-order valence-corrected chi connectivity index (χ3v) is 3.37. The van der Waals surface area contributed by atoms with E-state index in [1.807, 2.05) is 38.1 Å². The van der Waals surface area contributed by atoms with Crippen LogP contribution in [0.1, 0.15) is 24.6 Å². The van der Waals surface area contributed by atoms with Crippen molar-refractivity contribution in [2.45, 2.75) is 26.8 Å². The molecular formula is C16H22ClN3O. The third-order valence-electron chi connectivity index (χ3n) is 3.12. The molecule has 0 amide bonds. The van der Waals surface area contributed by atoms with Gasteiger partial charge in [-0.1, -0.05) is 23.7 Å². The maximum atomic E-state index is 5.92. The number of imidazole rings is 1. The van der Waals surface area contributed by atoms with Gasteiger partial charge in [-0.2, -0.15) is 0 Å². The molecular weight excluding hydrogens is 286 g/mol. The molecule has 21 heavy (non-hydrogen) atoms. The molecule has 0 saturated heterocycles. The average molecular weight is 308 g/mol. The highest BCUT2D eigenvalue weighted by Gasteiger charge is 2.05. The highest BCUT2D eigenvalue weighted by molar-refractivity contribution is 6.30. The Kier molecular flexibility index (Phi) is 6.08. The first kappa shape index (κ1) is 15.9. The van der Waals surface area contributed by atoms with Crippen molar-refractivity contribution in [2.24, 2.45) is 0 Å². The van der Waals surface area contributed by atoms with Crippen LogP contribution in [0.5, 0.6) is 0 Å². The Morgan fingerprint density at radius 1 is 1.29 bits per heavy atom. The minimum atomic E-state index is 0.759. The lowest BCUT2D eigenvalue weighted by Crippen LogP contribution is -2.11. The van der Waals surface area contributed by atoms with Crippen LogP contribution < -0.4 is 5.32 Å². The number of nitrogens with one attached hydrogen (secondary N) is 1. The van der Waals surface area contributed by atoms with Crippen molar-refractivity contribution < 1.29 is 4.74 Å². The standard InChI is InChI=1S/C16H22ClN3O/c1-3-21-10-4-9-18-16-19-13(2)11-20(16)12-14-5-7-15(17)8-6-14/h5-8,11H,3-4,9-10,12H2,1-2H3,(H,18,19). The van der Waals surface area contributed by atoms with Gasteiger partial charge in [-0.25, -0.2) is 4.98 Å². The van der Waals surface area contributed by atoms with E-state index in [2.05, 4.69) is 21.1 Å². The second kappa shape index (κ2) is 8.05. The van der Waals surface area contributed by atoms with Crippen LogP contribution in [0.15, 0.2) is 30.5 Å².